The molecule has 2 heterocycles. The summed E-state index contributed by atoms with van der Waals surface area (Å²) in [5, 5.41) is 8.41. The van der Waals surface area contributed by atoms with E-state index in [1.807, 2.05) is 0 Å². The van der Waals surface area contributed by atoms with E-state index in [0.29, 0.717) is 11.6 Å². The molecule has 3 nitrogen and oxygen atoms in total. The molecule has 4 aromatic rings. The first-order chi connectivity index (χ1) is 19.4. The van der Waals surface area contributed by atoms with Crippen LogP contribution < -0.4 is 10.6 Å². The molecule has 2 aliphatic rings. The Hall–Kier alpha value is -2.38. The highest BCUT2D eigenvalue weighted by molar-refractivity contribution is 7.79. The molecule has 4 aromatic carbocycles. The summed E-state index contributed by atoms with van der Waals surface area (Å²) in [5.74, 6) is 0.710. The van der Waals surface area contributed by atoms with Crippen molar-refractivity contribution in [1.29, 1.82) is 0 Å². The lowest BCUT2D eigenvalue weighted by molar-refractivity contribution is -0.0531. The summed E-state index contributed by atoms with van der Waals surface area (Å²) in [4.78, 5) is 0. The topological polar surface area (TPSA) is 9.72 Å². The zero-order chi connectivity index (χ0) is 27.8. The van der Waals surface area contributed by atoms with E-state index in [-0.39, 0.29) is 0 Å². The van der Waals surface area contributed by atoms with Gasteiger partial charge in [0.05, 0.1) is 11.6 Å². The maximum Gasteiger partial charge on any atom is 0.0847 e. The first-order valence-corrected chi connectivity index (χ1v) is 17.2. The molecule has 2 atom stereocenters. The molecule has 206 valence electrons. The number of benzene rings is 4. The third-order valence-corrected chi connectivity index (χ3v) is 14.2. The predicted octanol–water partition coefficient (Wildman–Crippen LogP) is 8.32. The standard InChI is InChI=1S/C35H41N3P2/c1-26-20-27(2)23-32(22-26)39(33-24-28(3)21-29(4)25-33)36(5)40-34(30-14-8-6-9-15-30)37-18-12-13-19-38(37)35(40)31-16-10-7-11-17-31/h6-11,14-17,20-25,34-35H,12-13,18-19H2,1-5H3/t34-,35-/m1/s1. The van der Waals surface area contributed by atoms with Crippen molar-refractivity contribution in [2.45, 2.75) is 52.1 Å². The van der Waals surface area contributed by atoms with E-state index in [4.69, 9.17) is 0 Å². The molecule has 0 saturated carbocycles. The second-order valence-electron chi connectivity index (χ2n) is 11.5. The first-order valence-electron chi connectivity index (χ1n) is 14.5. The second-order valence-corrected chi connectivity index (χ2v) is 16.4. The van der Waals surface area contributed by atoms with Gasteiger partial charge in [-0.1, -0.05) is 95.1 Å². The largest absolute Gasteiger partial charge is 0.252 e. The minimum Gasteiger partial charge on any atom is -0.252 e. The van der Waals surface area contributed by atoms with E-state index in [2.05, 4.69) is 146 Å². The number of aryl methyl sites for hydroxylation is 4. The molecule has 0 amide bonds. The van der Waals surface area contributed by atoms with Crippen LogP contribution in [0.25, 0.3) is 0 Å². The van der Waals surface area contributed by atoms with Crippen LogP contribution in [-0.4, -0.2) is 34.6 Å². The van der Waals surface area contributed by atoms with Gasteiger partial charge in [-0.05, 0) is 93.6 Å². The molecule has 0 N–H and O–H groups in total. The highest BCUT2D eigenvalue weighted by Crippen LogP contribution is 2.75. The fraction of sp³-hybridized carbons (Fsp3) is 0.314. The van der Waals surface area contributed by atoms with Crippen molar-refractivity contribution in [1.82, 2.24) is 14.5 Å². The maximum atomic E-state index is 2.85. The zero-order valence-corrected chi connectivity index (χ0v) is 26.2. The lowest BCUT2D eigenvalue weighted by atomic mass is 10.1. The summed E-state index contributed by atoms with van der Waals surface area (Å²) in [7, 11) is 1.05. The average molecular weight is 566 g/mol. The predicted molar refractivity (Wildman–Crippen MR) is 174 cm³/mol. The summed E-state index contributed by atoms with van der Waals surface area (Å²) in [6.07, 6.45) is 2.52. The van der Waals surface area contributed by atoms with Crippen LogP contribution in [0.15, 0.2) is 97.1 Å². The molecule has 0 aromatic heterocycles. The monoisotopic (exact) mass is 565 g/mol. The van der Waals surface area contributed by atoms with Gasteiger partial charge in [-0.2, -0.15) is 0 Å². The zero-order valence-electron chi connectivity index (χ0n) is 24.5. The lowest BCUT2D eigenvalue weighted by Gasteiger charge is -2.39. The normalized spacial score (nSPS) is 20.4. The molecular weight excluding hydrogens is 524 g/mol. The molecule has 0 unspecified atom stereocenters. The van der Waals surface area contributed by atoms with Crippen LogP contribution >= 0.6 is 16.1 Å². The Labute approximate surface area is 243 Å². The van der Waals surface area contributed by atoms with Gasteiger partial charge in [0, 0.05) is 29.2 Å². The average Bonchev–Trinajstić information content (AvgIpc) is 3.28. The molecule has 40 heavy (non-hydrogen) atoms. The Bertz CT molecular complexity index is 1310. The highest BCUT2D eigenvalue weighted by Gasteiger charge is 2.52. The number of hydrogen-bond donors (Lipinski definition) is 0. The number of fused-ring (bicyclic) bond motifs is 1. The number of nitrogens with zero attached hydrogens (tertiary/aromatic N) is 3. The molecule has 0 bridgehead atoms. The molecule has 5 heteroatoms. The van der Waals surface area contributed by atoms with Gasteiger partial charge >= 0.3 is 0 Å². The van der Waals surface area contributed by atoms with Gasteiger partial charge < -0.3 is 0 Å². The Kier molecular flexibility index (Phi) is 8.23. The highest BCUT2D eigenvalue weighted by atomic mass is 31.2. The fourth-order valence-electron chi connectivity index (χ4n) is 6.69. The van der Waals surface area contributed by atoms with Crippen LogP contribution in [0.1, 0.15) is 57.8 Å². The van der Waals surface area contributed by atoms with Crippen LogP contribution in [0, 0.1) is 27.7 Å². The number of rotatable bonds is 6. The van der Waals surface area contributed by atoms with Gasteiger partial charge in [-0.25, -0.2) is 10.0 Å². The van der Waals surface area contributed by atoms with Crippen molar-refractivity contribution in [2.75, 3.05) is 20.1 Å². The van der Waals surface area contributed by atoms with Crippen molar-refractivity contribution < 1.29 is 0 Å². The molecule has 2 saturated heterocycles. The maximum absolute atomic E-state index is 2.85. The summed E-state index contributed by atoms with van der Waals surface area (Å²) >= 11 is 0. The van der Waals surface area contributed by atoms with Gasteiger partial charge in [0.1, 0.15) is 0 Å². The van der Waals surface area contributed by atoms with Gasteiger partial charge in [0.15, 0.2) is 0 Å². The van der Waals surface area contributed by atoms with Crippen LogP contribution in [0.4, 0.5) is 0 Å². The van der Waals surface area contributed by atoms with E-state index in [0.717, 1.165) is 13.1 Å². The fourth-order valence-corrected chi connectivity index (χ4v) is 13.9. The van der Waals surface area contributed by atoms with Gasteiger partial charge in [0.2, 0.25) is 0 Å². The Morgan fingerprint density at radius 3 is 1.35 bits per heavy atom. The van der Waals surface area contributed by atoms with Crippen LogP contribution in [-0.2, 0) is 0 Å². The first kappa shape index (κ1) is 27.8. The molecule has 0 aliphatic carbocycles. The lowest BCUT2D eigenvalue weighted by Crippen LogP contribution is -2.43. The Morgan fingerprint density at radius 1 is 0.600 bits per heavy atom. The summed E-state index contributed by atoms with van der Waals surface area (Å²) < 4.78 is 2.85. The second kappa shape index (κ2) is 11.8. The molecule has 2 fully saturated rings. The summed E-state index contributed by atoms with van der Waals surface area (Å²) in [6, 6.07) is 37.1. The Morgan fingerprint density at radius 2 is 0.975 bits per heavy atom. The van der Waals surface area contributed by atoms with E-state index >= 15 is 0 Å². The van der Waals surface area contributed by atoms with Crippen molar-refractivity contribution in [2.24, 2.45) is 0 Å². The van der Waals surface area contributed by atoms with Crippen molar-refractivity contribution >= 4 is 26.8 Å². The van der Waals surface area contributed by atoms with E-state index in [1.54, 1.807) is 0 Å². The third-order valence-electron chi connectivity index (χ3n) is 8.14. The van der Waals surface area contributed by atoms with Gasteiger partial charge in [0.25, 0.3) is 0 Å². The quantitative estimate of drug-likeness (QED) is 0.218. The molecule has 0 spiro atoms. The van der Waals surface area contributed by atoms with E-state index in [9.17, 15) is 0 Å². The smallest absolute Gasteiger partial charge is 0.0847 e. The summed E-state index contributed by atoms with van der Waals surface area (Å²) in [5.41, 5.74) is 8.28. The van der Waals surface area contributed by atoms with Crippen LogP contribution in [0.5, 0.6) is 0 Å². The van der Waals surface area contributed by atoms with Crippen LogP contribution in [0.2, 0.25) is 0 Å². The molecule has 2 aliphatic heterocycles. The SMILES string of the molecule is Cc1cc(C)cc(P(c2cc(C)cc(C)c2)N(C)P2[C@H](c3ccccc3)N3CCCCN3[C@H]2c2ccccc2)c1. The van der Waals surface area contributed by atoms with E-state index < -0.39 is 16.1 Å². The Balaban J connectivity index is 1.56. The van der Waals surface area contributed by atoms with Gasteiger partial charge in [-0.3, -0.25) is 4.44 Å². The van der Waals surface area contributed by atoms with Crippen molar-refractivity contribution in [3.63, 3.8) is 0 Å². The van der Waals surface area contributed by atoms with Crippen molar-refractivity contribution in [3.05, 3.63) is 130 Å². The van der Waals surface area contributed by atoms with E-state index in [1.165, 1.54) is 56.8 Å². The minimum atomic E-state index is -0.741. The number of hydrogen-bond acceptors (Lipinski definition) is 3. The molecule has 0 radical (unpaired) electrons. The third kappa shape index (κ3) is 5.44. The number of hydrazine groups is 1. The molecular formula is C35H41N3P2. The van der Waals surface area contributed by atoms with Gasteiger partial charge in [-0.15, -0.1) is 0 Å². The molecule has 6 rings (SSSR count). The minimum absolute atomic E-state index is 0.355. The van der Waals surface area contributed by atoms with Crippen molar-refractivity contribution in [3.8, 4) is 0 Å². The summed E-state index contributed by atoms with van der Waals surface area (Å²) in [6.45, 7) is 11.2. The van der Waals surface area contributed by atoms with Crippen LogP contribution in [0.3, 0.4) is 0 Å².